The Bertz CT molecular complexity index is 754. The van der Waals surface area contributed by atoms with Gasteiger partial charge in [-0.2, -0.15) is 0 Å². The molecule has 3 aliphatic rings. The van der Waals surface area contributed by atoms with Crippen molar-refractivity contribution in [1.82, 2.24) is 15.8 Å². The monoisotopic (exact) mass is 408 g/mol. The van der Waals surface area contributed by atoms with E-state index in [2.05, 4.69) is 16.2 Å². The number of hydrogen-bond donors (Lipinski definition) is 3. The number of nitrogens with zero attached hydrogens (tertiary/aromatic N) is 1. The largest absolute Gasteiger partial charge is 0.341 e. The highest BCUT2D eigenvalue weighted by Gasteiger charge is 2.43. The van der Waals surface area contributed by atoms with Crippen molar-refractivity contribution in [3.8, 4) is 0 Å². The lowest BCUT2D eigenvalue weighted by Crippen LogP contribution is -2.51. The fourth-order valence-corrected chi connectivity index (χ4v) is 4.84. The van der Waals surface area contributed by atoms with Gasteiger partial charge in [-0.1, -0.05) is 24.4 Å². The number of carbonyl (C=O) groups is 2. The highest BCUT2D eigenvalue weighted by Crippen LogP contribution is 2.31. The Hall–Kier alpha value is -1.70. The molecule has 3 atom stereocenters. The molecule has 1 aromatic carbocycles. The van der Waals surface area contributed by atoms with Crippen molar-refractivity contribution >= 4 is 29.1 Å². The van der Waals surface area contributed by atoms with Crippen LogP contribution in [-0.4, -0.2) is 41.9 Å². The van der Waals surface area contributed by atoms with Gasteiger partial charge in [-0.25, -0.2) is 9.82 Å². The van der Waals surface area contributed by atoms with E-state index in [1.165, 1.54) is 31.0 Å². The van der Waals surface area contributed by atoms with Crippen LogP contribution in [0.3, 0.4) is 0 Å². The Balaban J connectivity index is 1.29. The first-order valence-electron chi connectivity index (χ1n) is 10.1. The van der Waals surface area contributed by atoms with Crippen molar-refractivity contribution in [2.45, 2.75) is 50.6 Å². The van der Waals surface area contributed by atoms with E-state index in [1.54, 1.807) is 0 Å². The zero-order valence-electron chi connectivity index (χ0n) is 15.7. The van der Waals surface area contributed by atoms with E-state index in [0.717, 1.165) is 12.8 Å². The normalized spacial score (nSPS) is 28.1. The number of halogens is 2. The van der Waals surface area contributed by atoms with Crippen LogP contribution in [0.4, 0.5) is 10.1 Å². The summed E-state index contributed by atoms with van der Waals surface area (Å²) < 4.78 is 13.2. The van der Waals surface area contributed by atoms with E-state index in [9.17, 15) is 14.0 Å². The predicted molar refractivity (Wildman–Crippen MR) is 105 cm³/mol. The number of benzene rings is 1. The second-order valence-corrected chi connectivity index (χ2v) is 8.45. The minimum Gasteiger partial charge on any atom is -0.341 e. The van der Waals surface area contributed by atoms with Crippen molar-refractivity contribution in [3.05, 3.63) is 29.0 Å². The molecule has 2 aliphatic heterocycles. The van der Waals surface area contributed by atoms with Crippen LogP contribution in [0, 0.1) is 17.7 Å². The molecular formula is C20H26ClFN4O2. The standard InChI is InChI=1S/C20H26ClFN4O2/c21-15-11-13(5-6-16(15)22)23-19(27)12-7-9-26(10-8-12)20(28)18-14-3-1-2-4-17(14)24-25-18/h5-6,11-12,14,17-18,24-25H,1-4,7-10H2,(H,23,27). The second-order valence-electron chi connectivity index (χ2n) is 8.04. The van der Waals surface area contributed by atoms with Gasteiger partial charge in [-0.05, 0) is 43.9 Å². The molecule has 6 nitrogen and oxygen atoms in total. The molecule has 1 aromatic rings. The number of amides is 2. The van der Waals surface area contributed by atoms with Crippen molar-refractivity contribution in [2.75, 3.05) is 18.4 Å². The summed E-state index contributed by atoms with van der Waals surface area (Å²) >= 11 is 5.77. The number of nitrogens with one attached hydrogen (secondary N) is 3. The summed E-state index contributed by atoms with van der Waals surface area (Å²) in [5, 5.41) is 2.78. The molecule has 1 saturated carbocycles. The van der Waals surface area contributed by atoms with Gasteiger partial charge in [-0.3, -0.25) is 15.0 Å². The summed E-state index contributed by atoms with van der Waals surface area (Å²) in [6, 6.07) is 4.38. The summed E-state index contributed by atoms with van der Waals surface area (Å²) in [5.41, 5.74) is 6.99. The van der Waals surface area contributed by atoms with Crippen LogP contribution in [0.15, 0.2) is 18.2 Å². The Morgan fingerprint density at radius 2 is 1.86 bits per heavy atom. The number of piperidine rings is 1. The van der Waals surface area contributed by atoms with Crippen LogP contribution in [0.5, 0.6) is 0 Å². The number of likely N-dealkylation sites (tertiary alicyclic amines) is 1. The average Bonchev–Trinajstić information content (AvgIpc) is 3.14. The molecule has 3 unspecified atom stereocenters. The van der Waals surface area contributed by atoms with Gasteiger partial charge in [0.1, 0.15) is 11.9 Å². The highest BCUT2D eigenvalue weighted by atomic mass is 35.5. The summed E-state index contributed by atoms with van der Waals surface area (Å²) in [4.78, 5) is 27.4. The number of hydrazine groups is 1. The smallest absolute Gasteiger partial charge is 0.241 e. The molecular weight excluding hydrogens is 383 g/mol. The Morgan fingerprint density at radius 1 is 1.11 bits per heavy atom. The molecule has 2 saturated heterocycles. The van der Waals surface area contributed by atoms with Crippen LogP contribution >= 0.6 is 11.6 Å². The predicted octanol–water partition coefficient (Wildman–Crippen LogP) is 2.69. The fourth-order valence-electron chi connectivity index (χ4n) is 4.66. The van der Waals surface area contributed by atoms with E-state index in [0.29, 0.717) is 43.6 Å². The zero-order chi connectivity index (χ0) is 19.7. The number of fused-ring (bicyclic) bond motifs is 1. The summed E-state index contributed by atoms with van der Waals surface area (Å²) in [6.45, 7) is 1.16. The van der Waals surface area contributed by atoms with Gasteiger partial charge in [0, 0.05) is 36.7 Å². The van der Waals surface area contributed by atoms with Crippen molar-refractivity contribution in [1.29, 1.82) is 0 Å². The molecule has 0 bridgehead atoms. The van der Waals surface area contributed by atoms with Gasteiger partial charge in [-0.15, -0.1) is 0 Å². The molecule has 2 heterocycles. The summed E-state index contributed by atoms with van der Waals surface area (Å²) in [7, 11) is 0. The summed E-state index contributed by atoms with van der Waals surface area (Å²) in [6.07, 6.45) is 5.86. The van der Waals surface area contributed by atoms with Crippen molar-refractivity contribution in [2.24, 2.45) is 11.8 Å². The lowest BCUT2D eigenvalue weighted by atomic mass is 9.81. The van der Waals surface area contributed by atoms with Crippen LogP contribution in [0.2, 0.25) is 5.02 Å². The number of anilines is 1. The van der Waals surface area contributed by atoms with Gasteiger partial charge in [0.15, 0.2) is 0 Å². The fraction of sp³-hybridized carbons (Fsp3) is 0.600. The van der Waals surface area contributed by atoms with E-state index < -0.39 is 5.82 Å². The van der Waals surface area contributed by atoms with Crippen LogP contribution in [0.25, 0.3) is 0 Å². The first kappa shape index (κ1) is 19.6. The molecule has 2 amide bonds. The van der Waals surface area contributed by atoms with Gasteiger partial charge in [0.05, 0.1) is 5.02 Å². The lowest BCUT2D eigenvalue weighted by molar-refractivity contribution is -0.137. The molecule has 28 heavy (non-hydrogen) atoms. The third-order valence-corrected chi connectivity index (χ3v) is 6.59. The average molecular weight is 409 g/mol. The quantitative estimate of drug-likeness (QED) is 0.719. The van der Waals surface area contributed by atoms with E-state index >= 15 is 0 Å². The minimum atomic E-state index is -0.512. The first-order valence-corrected chi connectivity index (χ1v) is 10.5. The lowest BCUT2D eigenvalue weighted by Gasteiger charge is -2.35. The molecule has 0 spiro atoms. The molecule has 152 valence electrons. The third kappa shape index (κ3) is 4.02. The van der Waals surface area contributed by atoms with E-state index in [4.69, 9.17) is 11.6 Å². The Labute approximate surface area is 169 Å². The van der Waals surface area contributed by atoms with Gasteiger partial charge in [0.25, 0.3) is 0 Å². The number of carbonyl (C=O) groups excluding carboxylic acids is 2. The minimum absolute atomic E-state index is 0.0168. The van der Waals surface area contributed by atoms with Gasteiger partial charge < -0.3 is 10.2 Å². The topological polar surface area (TPSA) is 73.5 Å². The summed E-state index contributed by atoms with van der Waals surface area (Å²) in [5.74, 6) is -0.272. The van der Waals surface area contributed by atoms with E-state index in [1.807, 2.05) is 4.90 Å². The maximum Gasteiger partial charge on any atom is 0.241 e. The van der Waals surface area contributed by atoms with Crippen LogP contribution in [0.1, 0.15) is 38.5 Å². The molecule has 4 rings (SSSR count). The maximum absolute atomic E-state index is 13.2. The number of rotatable bonds is 3. The van der Waals surface area contributed by atoms with Crippen LogP contribution in [-0.2, 0) is 9.59 Å². The Morgan fingerprint density at radius 3 is 2.61 bits per heavy atom. The Kier molecular flexibility index (Phi) is 5.85. The van der Waals surface area contributed by atoms with Gasteiger partial charge >= 0.3 is 0 Å². The molecule has 3 N–H and O–H groups in total. The molecule has 0 aromatic heterocycles. The van der Waals surface area contributed by atoms with Gasteiger partial charge in [0.2, 0.25) is 11.8 Å². The van der Waals surface area contributed by atoms with Crippen molar-refractivity contribution < 1.29 is 14.0 Å². The molecule has 0 radical (unpaired) electrons. The molecule has 8 heteroatoms. The number of hydrogen-bond acceptors (Lipinski definition) is 4. The zero-order valence-corrected chi connectivity index (χ0v) is 16.5. The third-order valence-electron chi connectivity index (χ3n) is 6.30. The maximum atomic E-state index is 13.2. The molecule has 3 fully saturated rings. The molecule has 1 aliphatic carbocycles. The SMILES string of the molecule is O=C(Nc1ccc(F)c(Cl)c1)C1CCN(C(=O)C2NNC3CCCCC32)CC1. The second kappa shape index (κ2) is 8.35. The highest BCUT2D eigenvalue weighted by molar-refractivity contribution is 6.31. The van der Waals surface area contributed by atoms with Crippen molar-refractivity contribution in [3.63, 3.8) is 0 Å². The first-order chi connectivity index (χ1) is 13.5. The van der Waals surface area contributed by atoms with Crippen LogP contribution < -0.4 is 16.2 Å². The van der Waals surface area contributed by atoms with E-state index in [-0.39, 0.29) is 28.8 Å².